The molecule has 1 unspecified atom stereocenters. The second-order valence-electron chi connectivity index (χ2n) is 5.30. The number of carboxylic acid groups (broad SMARTS) is 1. The molecule has 120 valence electrons. The van der Waals surface area contributed by atoms with Crippen LogP contribution in [0.5, 0.6) is 11.5 Å². The van der Waals surface area contributed by atoms with E-state index in [0.29, 0.717) is 30.9 Å². The minimum atomic E-state index is -0.922. The number of hydrogen-bond donors (Lipinski definition) is 1. The van der Waals surface area contributed by atoms with Crippen molar-refractivity contribution < 1.29 is 24.2 Å². The Labute approximate surface area is 129 Å². The number of aliphatic carboxylic acids is 1. The van der Waals surface area contributed by atoms with Crippen LogP contribution in [0.3, 0.4) is 0 Å². The van der Waals surface area contributed by atoms with E-state index in [0.717, 1.165) is 12.0 Å². The van der Waals surface area contributed by atoms with Gasteiger partial charge in [0.05, 0.1) is 14.2 Å². The predicted octanol–water partition coefficient (Wildman–Crippen LogP) is 1.71. The number of aryl methyl sites for hydroxylation is 1. The highest BCUT2D eigenvalue weighted by molar-refractivity contribution is 5.84. The number of carbonyl (C=O) groups excluding carboxylic acids is 1. The molecule has 6 heteroatoms. The van der Waals surface area contributed by atoms with Crippen LogP contribution in [0.15, 0.2) is 18.2 Å². The molecule has 1 aliphatic heterocycles. The molecular formula is C16H21NO5. The predicted molar refractivity (Wildman–Crippen MR) is 80.2 cm³/mol. The molecule has 0 radical (unpaired) electrons. The van der Waals surface area contributed by atoms with Gasteiger partial charge in [-0.25, -0.2) is 4.79 Å². The zero-order valence-electron chi connectivity index (χ0n) is 12.9. The van der Waals surface area contributed by atoms with Gasteiger partial charge in [0.15, 0.2) is 0 Å². The zero-order chi connectivity index (χ0) is 16.1. The monoisotopic (exact) mass is 307 g/mol. The van der Waals surface area contributed by atoms with Gasteiger partial charge >= 0.3 is 5.97 Å². The highest BCUT2D eigenvalue weighted by Gasteiger charge is 2.33. The van der Waals surface area contributed by atoms with E-state index in [9.17, 15) is 9.59 Å². The van der Waals surface area contributed by atoms with E-state index in [-0.39, 0.29) is 12.3 Å². The van der Waals surface area contributed by atoms with Crippen molar-refractivity contribution in [2.45, 2.75) is 31.7 Å². The number of likely N-dealkylation sites (tertiary alicyclic amines) is 1. The third kappa shape index (κ3) is 3.69. The van der Waals surface area contributed by atoms with Crippen molar-refractivity contribution >= 4 is 11.9 Å². The molecule has 0 saturated carbocycles. The summed E-state index contributed by atoms with van der Waals surface area (Å²) in [4.78, 5) is 24.8. The SMILES string of the molecule is COc1cc(CCC(=O)N2CCCC2C(=O)O)cc(OC)c1. The molecule has 22 heavy (non-hydrogen) atoms. The van der Waals surface area contributed by atoms with E-state index in [1.54, 1.807) is 20.3 Å². The van der Waals surface area contributed by atoms with E-state index >= 15 is 0 Å². The fraction of sp³-hybridized carbons (Fsp3) is 0.500. The highest BCUT2D eigenvalue weighted by Crippen LogP contribution is 2.24. The maximum atomic E-state index is 12.2. The van der Waals surface area contributed by atoms with Gasteiger partial charge in [-0.2, -0.15) is 0 Å². The fourth-order valence-electron chi connectivity index (χ4n) is 2.73. The summed E-state index contributed by atoms with van der Waals surface area (Å²) in [6, 6.07) is 4.81. The fourth-order valence-corrected chi connectivity index (χ4v) is 2.73. The number of hydrogen-bond acceptors (Lipinski definition) is 4. The number of benzene rings is 1. The number of methoxy groups -OCH3 is 2. The molecule has 1 aliphatic rings. The topological polar surface area (TPSA) is 76.1 Å². The first kappa shape index (κ1) is 16.1. The van der Waals surface area contributed by atoms with E-state index in [1.165, 1.54) is 4.90 Å². The van der Waals surface area contributed by atoms with Crippen molar-refractivity contribution in [2.75, 3.05) is 20.8 Å². The molecule has 1 fully saturated rings. The Hall–Kier alpha value is -2.24. The third-order valence-corrected chi connectivity index (χ3v) is 3.90. The van der Waals surface area contributed by atoms with Gasteiger partial charge in [-0.05, 0) is 37.0 Å². The van der Waals surface area contributed by atoms with Crippen LogP contribution >= 0.6 is 0 Å². The maximum absolute atomic E-state index is 12.2. The second-order valence-corrected chi connectivity index (χ2v) is 5.30. The number of amides is 1. The average molecular weight is 307 g/mol. The van der Waals surface area contributed by atoms with Gasteiger partial charge in [0.1, 0.15) is 17.5 Å². The minimum absolute atomic E-state index is 0.119. The molecule has 0 bridgehead atoms. The molecular weight excluding hydrogens is 286 g/mol. The van der Waals surface area contributed by atoms with Crippen molar-refractivity contribution in [2.24, 2.45) is 0 Å². The Morgan fingerprint density at radius 3 is 2.41 bits per heavy atom. The van der Waals surface area contributed by atoms with Gasteiger partial charge in [0.25, 0.3) is 0 Å². The van der Waals surface area contributed by atoms with Crippen molar-refractivity contribution in [1.82, 2.24) is 4.90 Å². The molecule has 1 saturated heterocycles. The van der Waals surface area contributed by atoms with Crippen LogP contribution < -0.4 is 9.47 Å². The van der Waals surface area contributed by atoms with Crippen LogP contribution in [0.1, 0.15) is 24.8 Å². The summed E-state index contributed by atoms with van der Waals surface area (Å²) in [7, 11) is 3.15. The Bertz CT molecular complexity index is 535. The Morgan fingerprint density at radius 2 is 1.86 bits per heavy atom. The lowest BCUT2D eigenvalue weighted by Crippen LogP contribution is -2.40. The van der Waals surface area contributed by atoms with Gasteiger partial charge in [-0.15, -0.1) is 0 Å². The van der Waals surface area contributed by atoms with E-state index in [2.05, 4.69) is 0 Å². The van der Waals surface area contributed by atoms with Gasteiger partial charge in [0.2, 0.25) is 5.91 Å². The van der Waals surface area contributed by atoms with Gasteiger partial charge in [-0.3, -0.25) is 4.79 Å². The van der Waals surface area contributed by atoms with E-state index in [1.807, 2.05) is 12.1 Å². The van der Waals surface area contributed by atoms with Gasteiger partial charge in [0, 0.05) is 19.0 Å². The first-order chi connectivity index (χ1) is 10.5. The third-order valence-electron chi connectivity index (χ3n) is 3.90. The highest BCUT2D eigenvalue weighted by atomic mass is 16.5. The van der Waals surface area contributed by atoms with Crippen molar-refractivity contribution in [3.63, 3.8) is 0 Å². The molecule has 2 rings (SSSR count). The first-order valence-corrected chi connectivity index (χ1v) is 7.29. The van der Waals surface area contributed by atoms with Gasteiger partial charge in [-0.1, -0.05) is 0 Å². The normalized spacial score (nSPS) is 17.4. The molecule has 1 aromatic rings. The van der Waals surface area contributed by atoms with Crippen molar-refractivity contribution in [3.8, 4) is 11.5 Å². The molecule has 1 aromatic carbocycles. The number of rotatable bonds is 6. The number of carboxylic acids is 1. The maximum Gasteiger partial charge on any atom is 0.326 e. The molecule has 1 atom stereocenters. The van der Waals surface area contributed by atoms with E-state index < -0.39 is 12.0 Å². The van der Waals surface area contributed by atoms with Crippen LogP contribution in [0.25, 0.3) is 0 Å². The Kier molecular flexibility index (Phi) is 5.25. The smallest absolute Gasteiger partial charge is 0.326 e. The Balaban J connectivity index is 2.00. The van der Waals surface area contributed by atoms with Crippen molar-refractivity contribution in [1.29, 1.82) is 0 Å². The molecule has 0 aromatic heterocycles. The molecule has 1 amide bonds. The van der Waals surface area contributed by atoms with Crippen LogP contribution in [0.4, 0.5) is 0 Å². The van der Waals surface area contributed by atoms with E-state index in [4.69, 9.17) is 14.6 Å². The largest absolute Gasteiger partial charge is 0.497 e. The summed E-state index contributed by atoms with van der Waals surface area (Å²) in [5.41, 5.74) is 0.927. The quantitative estimate of drug-likeness (QED) is 0.866. The van der Waals surface area contributed by atoms with Crippen LogP contribution in [-0.2, 0) is 16.0 Å². The van der Waals surface area contributed by atoms with Crippen LogP contribution in [0, 0.1) is 0 Å². The summed E-state index contributed by atoms with van der Waals surface area (Å²) in [6.07, 6.45) is 2.08. The lowest BCUT2D eigenvalue weighted by atomic mass is 10.1. The molecule has 6 nitrogen and oxygen atoms in total. The lowest BCUT2D eigenvalue weighted by Gasteiger charge is -2.21. The molecule has 1 N–H and O–H groups in total. The standard InChI is InChI=1S/C16H21NO5/c1-21-12-8-11(9-13(10-12)22-2)5-6-15(18)17-7-3-4-14(17)16(19)20/h8-10,14H,3-7H2,1-2H3,(H,19,20). The summed E-state index contributed by atoms with van der Waals surface area (Å²) < 4.78 is 10.4. The summed E-state index contributed by atoms with van der Waals surface area (Å²) in [6.45, 7) is 0.525. The summed E-state index contributed by atoms with van der Waals surface area (Å²) >= 11 is 0. The van der Waals surface area contributed by atoms with Crippen molar-refractivity contribution in [3.05, 3.63) is 23.8 Å². The van der Waals surface area contributed by atoms with Crippen LogP contribution in [-0.4, -0.2) is 48.7 Å². The summed E-state index contributed by atoms with van der Waals surface area (Å²) in [5.74, 6) is 0.304. The zero-order valence-corrected chi connectivity index (χ0v) is 12.9. The van der Waals surface area contributed by atoms with Gasteiger partial charge < -0.3 is 19.5 Å². The lowest BCUT2D eigenvalue weighted by molar-refractivity contribution is -0.148. The number of nitrogens with zero attached hydrogens (tertiary/aromatic N) is 1. The number of ether oxygens (including phenoxy) is 2. The average Bonchev–Trinajstić information content (AvgIpc) is 3.02. The first-order valence-electron chi connectivity index (χ1n) is 7.29. The minimum Gasteiger partial charge on any atom is -0.497 e. The second kappa shape index (κ2) is 7.15. The summed E-state index contributed by atoms with van der Waals surface area (Å²) in [5, 5.41) is 9.13. The van der Waals surface area contributed by atoms with Crippen LogP contribution in [0.2, 0.25) is 0 Å². The molecule has 0 spiro atoms. The Morgan fingerprint density at radius 1 is 1.23 bits per heavy atom. The molecule has 1 heterocycles. The molecule has 0 aliphatic carbocycles. The number of carbonyl (C=O) groups is 2.